The summed E-state index contributed by atoms with van der Waals surface area (Å²) in [6, 6.07) is 4.71. The lowest BCUT2D eigenvalue weighted by molar-refractivity contribution is -0.809. The highest BCUT2D eigenvalue weighted by Crippen LogP contribution is 2.54. The molecule has 1 spiro atoms. The Kier molecular flexibility index (Phi) is 1.57. The summed E-state index contributed by atoms with van der Waals surface area (Å²) in [6.07, 6.45) is 15.0. The number of hydrogen-bond acceptors (Lipinski definition) is 4. The van der Waals surface area contributed by atoms with Gasteiger partial charge in [-0.1, -0.05) is 0 Å². The normalized spacial score (nSPS) is 39.8. The van der Waals surface area contributed by atoms with E-state index in [1.165, 1.54) is 11.4 Å². The Bertz CT molecular complexity index is 984. The van der Waals surface area contributed by atoms with Gasteiger partial charge in [0.15, 0.2) is 6.54 Å². The van der Waals surface area contributed by atoms with Crippen LogP contribution in [0.1, 0.15) is 11.4 Å². The molecule has 0 radical (unpaired) electrons. The van der Waals surface area contributed by atoms with Gasteiger partial charge in [-0.2, -0.15) is 4.58 Å². The van der Waals surface area contributed by atoms with Crippen LogP contribution in [-0.2, 0) is 18.6 Å². The van der Waals surface area contributed by atoms with Crippen molar-refractivity contribution in [3.05, 3.63) is 48.3 Å². The van der Waals surface area contributed by atoms with E-state index in [1.807, 2.05) is 0 Å². The highest BCUT2D eigenvalue weighted by atomic mass is 15.6. The van der Waals surface area contributed by atoms with E-state index in [4.69, 9.17) is 0 Å². The van der Waals surface area contributed by atoms with Gasteiger partial charge in [-0.3, -0.25) is 4.90 Å². The zero-order valence-electron chi connectivity index (χ0n) is 13.8. The number of aromatic nitrogens is 1. The summed E-state index contributed by atoms with van der Waals surface area (Å²) in [5, 5.41) is 0. The molecule has 124 valence electrons. The van der Waals surface area contributed by atoms with Crippen LogP contribution in [0.4, 0.5) is 0 Å². The maximum absolute atomic E-state index is 2.73. The first-order valence-electron chi connectivity index (χ1n) is 9.15. The molecule has 2 fully saturated rings. The SMILES string of the molecule is C1=CN2CN3C=CN4C[N+]5=CC=[N+]6Cc7ccc8n7C(C2N1C8)(C34)C65. The summed E-state index contributed by atoms with van der Waals surface area (Å²) < 4.78 is 7.84. The predicted octanol–water partition coefficient (Wildman–Crippen LogP) is -0.511. The fraction of sp³-hybridized carbons (Fsp3) is 0.444. The van der Waals surface area contributed by atoms with E-state index in [9.17, 15) is 0 Å². The standard InChI is InChI=1S/C18H19N7/c1-2-14-10-20-4-6-22-12-24-8-7-23-11-21-5-3-19-9-13(1)25(14)18(15(19)21,16(20)22)17(23)24/h1-8,15-17H,9-12H2/q+2. The lowest BCUT2D eigenvalue weighted by Gasteiger charge is -2.62. The van der Waals surface area contributed by atoms with Crippen molar-refractivity contribution in [3.63, 3.8) is 0 Å². The average molecular weight is 333 g/mol. The van der Waals surface area contributed by atoms with Crippen molar-refractivity contribution < 1.29 is 9.15 Å². The van der Waals surface area contributed by atoms with Crippen LogP contribution in [0.2, 0.25) is 0 Å². The molecule has 1 aromatic heterocycles. The van der Waals surface area contributed by atoms with Crippen molar-refractivity contribution in [1.29, 1.82) is 0 Å². The Balaban J connectivity index is 1.54. The molecule has 0 aromatic carbocycles. The van der Waals surface area contributed by atoms with Crippen LogP contribution < -0.4 is 0 Å². The van der Waals surface area contributed by atoms with Gasteiger partial charge in [0.1, 0.15) is 12.3 Å². The fourth-order valence-corrected chi connectivity index (χ4v) is 6.71. The van der Waals surface area contributed by atoms with E-state index in [0.717, 1.165) is 26.4 Å². The van der Waals surface area contributed by atoms with Gasteiger partial charge in [-0.05, 0) is 12.1 Å². The van der Waals surface area contributed by atoms with Gasteiger partial charge in [0, 0.05) is 30.5 Å². The summed E-state index contributed by atoms with van der Waals surface area (Å²) in [6.45, 7) is 3.98. The number of nitrogens with zero attached hydrogens (tertiary/aromatic N) is 7. The first-order chi connectivity index (χ1) is 12.4. The van der Waals surface area contributed by atoms with Crippen molar-refractivity contribution >= 4 is 12.4 Å². The Morgan fingerprint density at radius 2 is 1.56 bits per heavy atom. The van der Waals surface area contributed by atoms with Crippen LogP contribution in [0.5, 0.6) is 0 Å². The molecule has 0 amide bonds. The maximum Gasteiger partial charge on any atom is 0.376 e. The summed E-state index contributed by atoms with van der Waals surface area (Å²) in [4.78, 5) is 10.2. The van der Waals surface area contributed by atoms with Crippen LogP contribution in [0.15, 0.2) is 36.9 Å². The minimum Gasteiger partial charge on any atom is -0.348 e. The highest BCUT2D eigenvalue weighted by molar-refractivity contribution is 6.11. The first-order valence-corrected chi connectivity index (χ1v) is 9.15. The molecule has 0 bridgehead atoms. The smallest absolute Gasteiger partial charge is 0.348 e. The van der Waals surface area contributed by atoms with Gasteiger partial charge in [-0.15, -0.1) is 4.58 Å². The molecule has 2 saturated heterocycles. The van der Waals surface area contributed by atoms with Gasteiger partial charge in [-0.25, -0.2) is 0 Å². The quantitative estimate of drug-likeness (QED) is 0.597. The second kappa shape index (κ2) is 3.34. The molecule has 7 heteroatoms. The molecule has 25 heavy (non-hydrogen) atoms. The second-order valence-corrected chi connectivity index (χ2v) is 8.24. The summed E-state index contributed by atoms with van der Waals surface area (Å²) in [5.74, 6) is 0. The van der Waals surface area contributed by atoms with Crippen molar-refractivity contribution in [1.82, 2.24) is 24.2 Å². The Morgan fingerprint density at radius 1 is 0.840 bits per heavy atom. The van der Waals surface area contributed by atoms with Crippen molar-refractivity contribution in [2.24, 2.45) is 0 Å². The molecule has 4 atom stereocenters. The summed E-state index contributed by atoms with van der Waals surface area (Å²) >= 11 is 0. The van der Waals surface area contributed by atoms with Crippen LogP contribution in [0, 0.1) is 0 Å². The zero-order chi connectivity index (χ0) is 15.9. The molecule has 7 aliphatic heterocycles. The van der Waals surface area contributed by atoms with E-state index in [-0.39, 0.29) is 5.54 Å². The Morgan fingerprint density at radius 3 is 2.48 bits per heavy atom. The Labute approximate surface area is 145 Å². The van der Waals surface area contributed by atoms with Gasteiger partial charge in [0.2, 0.25) is 24.6 Å². The molecule has 8 rings (SSSR count). The first kappa shape index (κ1) is 11.8. The molecular weight excluding hydrogens is 314 g/mol. The molecule has 4 unspecified atom stereocenters. The van der Waals surface area contributed by atoms with E-state index in [2.05, 4.69) is 82.7 Å². The lowest BCUT2D eigenvalue weighted by Crippen LogP contribution is -2.84. The molecule has 8 heterocycles. The van der Waals surface area contributed by atoms with Crippen molar-refractivity contribution in [2.75, 3.05) is 13.3 Å². The van der Waals surface area contributed by atoms with Gasteiger partial charge >= 0.3 is 6.17 Å². The lowest BCUT2D eigenvalue weighted by atomic mass is 9.78. The molecular formula is C18H19N7+2. The van der Waals surface area contributed by atoms with Gasteiger partial charge < -0.3 is 19.3 Å². The van der Waals surface area contributed by atoms with E-state index in [1.54, 1.807) is 0 Å². The van der Waals surface area contributed by atoms with Crippen molar-refractivity contribution in [3.8, 4) is 0 Å². The zero-order valence-corrected chi connectivity index (χ0v) is 13.8. The minimum atomic E-state index is -0.0301. The van der Waals surface area contributed by atoms with Crippen LogP contribution in [0.25, 0.3) is 0 Å². The molecule has 7 aliphatic rings. The number of hydrogen-bond donors (Lipinski definition) is 0. The average Bonchev–Trinajstić information content (AvgIpc) is 3.38. The fourth-order valence-electron chi connectivity index (χ4n) is 6.71. The number of rotatable bonds is 0. The van der Waals surface area contributed by atoms with Gasteiger partial charge in [0.25, 0.3) is 0 Å². The third-order valence-electron chi connectivity index (χ3n) is 7.25. The highest BCUT2D eigenvalue weighted by Gasteiger charge is 2.78. The monoisotopic (exact) mass is 333 g/mol. The molecule has 1 aromatic rings. The van der Waals surface area contributed by atoms with Crippen LogP contribution in [0.3, 0.4) is 0 Å². The predicted molar refractivity (Wildman–Crippen MR) is 89.2 cm³/mol. The van der Waals surface area contributed by atoms with E-state index >= 15 is 0 Å². The van der Waals surface area contributed by atoms with Crippen molar-refractivity contribution in [2.45, 2.75) is 37.1 Å². The maximum atomic E-state index is 2.73. The summed E-state index contributed by atoms with van der Waals surface area (Å²) in [7, 11) is 0. The second-order valence-electron chi connectivity index (χ2n) is 8.24. The Hall–Kier alpha value is -2.70. The minimum absolute atomic E-state index is 0.0301. The largest absolute Gasteiger partial charge is 0.376 e. The summed E-state index contributed by atoms with van der Waals surface area (Å²) in [5.41, 5.74) is 2.89. The third-order valence-corrected chi connectivity index (χ3v) is 7.25. The van der Waals surface area contributed by atoms with E-state index < -0.39 is 0 Å². The molecule has 0 saturated carbocycles. The van der Waals surface area contributed by atoms with Crippen LogP contribution in [-0.4, -0.2) is 77.6 Å². The topological polar surface area (TPSA) is 23.9 Å². The molecule has 7 nitrogen and oxygen atoms in total. The van der Waals surface area contributed by atoms with Gasteiger partial charge in [0.05, 0.1) is 18.9 Å². The molecule has 0 aliphatic carbocycles. The van der Waals surface area contributed by atoms with E-state index in [0.29, 0.717) is 18.5 Å². The third kappa shape index (κ3) is 0.995. The van der Waals surface area contributed by atoms with Crippen LogP contribution >= 0.6 is 0 Å². The molecule has 0 N–H and O–H groups in total.